The average Bonchev–Trinajstić information content (AvgIpc) is 3.20. The fourth-order valence-corrected chi connectivity index (χ4v) is 3.00. The molecular weight excluding hydrogens is 365 g/mol. The van der Waals surface area contributed by atoms with Crippen molar-refractivity contribution in [2.75, 3.05) is 19.6 Å². The fourth-order valence-electron chi connectivity index (χ4n) is 2.20. The van der Waals surface area contributed by atoms with E-state index < -0.39 is 11.9 Å². The van der Waals surface area contributed by atoms with Gasteiger partial charge in [0.25, 0.3) is 0 Å². The number of nitrogens with one attached hydrogen (secondary N) is 2. The van der Waals surface area contributed by atoms with Crippen molar-refractivity contribution in [3.05, 3.63) is 34.0 Å². The van der Waals surface area contributed by atoms with Gasteiger partial charge in [-0.05, 0) is 25.8 Å². The zero-order valence-corrected chi connectivity index (χ0v) is 15.6. The quantitative estimate of drug-likeness (QED) is 0.415. The zero-order valence-electron chi connectivity index (χ0n) is 14.8. The van der Waals surface area contributed by atoms with E-state index in [-0.39, 0.29) is 0 Å². The molecule has 6 nitrogen and oxygen atoms in total. The molecule has 2 aromatic rings. The Morgan fingerprint density at radius 2 is 2.15 bits per heavy atom. The number of aromatic nitrogens is 3. The first kappa shape index (κ1) is 20.2. The lowest BCUT2D eigenvalue weighted by atomic mass is 10.4. The summed E-state index contributed by atoms with van der Waals surface area (Å²) in [7, 11) is 0. The number of hydrogen-bond acceptors (Lipinski definition) is 4. The topological polar surface area (TPSA) is 67.1 Å². The van der Waals surface area contributed by atoms with Crippen LogP contribution in [0.25, 0.3) is 0 Å². The van der Waals surface area contributed by atoms with Gasteiger partial charge in [-0.25, -0.2) is 4.98 Å². The number of aliphatic imine (C=N–C) groups is 1. The van der Waals surface area contributed by atoms with Crippen molar-refractivity contribution in [1.29, 1.82) is 0 Å². The Balaban J connectivity index is 1.75. The van der Waals surface area contributed by atoms with Gasteiger partial charge in [0.2, 0.25) is 0 Å². The van der Waals surface area contributed by atoms with Crippen LogP contribution in [0.2, 0.25) is 0 Å². The highest BCUT2D eigenvalue weighted by Crippen LogP contribution is 2.29. The molecule has 0 bridgehead atoms. The summed E-state index contributed by atoms with van der Waals surface area (Å²) in [5.41, 5.74) is 0.298. The van der Waals surface area contributed by atoms with E-state index >= 15 is 0 Å². The number of guanidine groups is 1. The summed E-state index contributed by atoms with van der Waals surface area (Å²) in [6.07, 6.45) is 0.677. The Hall–Kier alpha value is -2.10. The molecule has 0 aliphatic heterocycles. The van der Waals surface area contributed by atoms with Crippen LogP contribution >= 0.6 is 11.3 Å². The largest absolute Gasteiger partial charge is 0.434 e. The van der Waals surface area contributed by atoms with Crippen LogP contribution in [0.1, 0.15) is 29.6 Å². The van der Waals surface area contributed by atoms with Crippen molar-refractivity contribution in [2.24, 2.45) is 4.99 Å². The first-order chi connectivity index (χ1) is 12.4. The van der Waals surface area contributed by atoms with Gasteiger partial charge in [-0.15, -0.1) is 11.3 Å². The number of thiazole rings is 1. The summed E-state index contributed by atoms with van der Waals surface area (Å²) >= 11 is 1.02. The molecule has 26 heavy (non-hydrogen) atoms. The zero-order chi connectivity index (χ0) is 19.0. The van der Waals surface area contributed by atoms with E-state index in [1.54, 1.807) is 0 Å². The lowest BCUT2D eigenvalue weighted by Crippen LogP contribution is -2.38. The van der Waals surface area contributed by atoms with Crippen LogP contribution in [0.15, 0.2) is 22.8 Å². The molecule has 0 aromatic carbocycles. The van der Waals surface area contributed by atoms with Crippen LogP contribution in [-0.4, -0.2) is 40.4 Å². The minimum atomic E-state index is -4.38. The molecule has 0 atom stereocenters. The van der Waals surface area contributed by atoms with E-state index in [2.05, 4.69) is 25.7 Å². The number of rotatable bonds is 8. The van der Waals surface area contributed by atoms with Gasteiger partial charge >= 0.3 is 6.18 Å². The van der Waals surface area contributed by atoms with Crippen molar-refractivity contribution in [3.63, 3.8) is 0 Å². The summed E-state index contributed by atoms with van der Waals surface area (Å²) in [4.78, 5) is 8.09. The van der Waals surface area contributed by atoms with Crippen molar-refractivity contribution in [3.8, 4) is 0 Å². The summed E-state index contributed by atoms with van der Waals surface area (Å²) in [5, 5.41) is 12.0. The molecule has 144 valence electrons. The highest BCUT2D eigenvalue weighted by atomic mass is 32.1. The molecule has 2 N–H and O–H groups in total. The van der Waals surface area contributed by atoms with Crippen LogP contribution in [-0.2, 0) is 19.1 Å². The second kappa shape index (κ2) is 9.56. The molecule has 0 saturated carbocycles. The number of halogens is 3. The average molecular weight is 388 g/mol. The highest BCUT2D eigenvalue weighted by Gasteiger charge is 2.33. The number of aryl methyl sites for hydroxylation is 2. The Morgan fingerprint density at radius 1 is 1.35 bits per heavy atom. The van der Waals surface area contributed by atoms with E-state index in [1.807, 2.05) is 30.9 Å². The number of alkyl halides is 3. The van der Waals surface area contributed by atoms with E-state index in [4.69, 9.17) is 0 Å². The molecule has 0 amide bonds. The van der Waals surface area contributed by atoms with Crippen molar-refractivity contribution < 1.29 is 13.2 Å². The van der Waals surface area contributed by atoms with Crippen LogP contribution in [0.4, 0.5) is 13.2 Å². The van der Waals surface area contributed by atoms with Crippen LogP contribution < -0.4 is 10.6 Å². The molecule has 0 saturated heterocycles. The molecule has 0 aliphatic carbocycles. The van der Waals surface area contributed by atoms with Crippen LogP contribution in [0.3, 0.4) is 0 Å². The van der Waals surface area contributed by atoms with Crippen molar-refractivity contribution in [2.45, 2.75) is 39.4 Å². The molecule has 0 fully saturated rings. The molecule has 0 spiro atoms. The van der Waals surface area contributed by atoms with Gasteiger partial charge in [-0.1, -0.05) is 0 Å². The van der Waals surface area contributed by atoms with E-state index in [0.29, 0.717) is 37.0 Å². The van der Waals surface area contributed by atoms with E-state index in [0.717, 1.165) is 35.2 Å². The molecule has 2 rings (SSSR count). The minimum Gasteiger partial charge on any atom is -0.357 e. The van der Waals surface area contributed by atoms with E-state index in [9.17, 15) is 13.2 Å². The molecule has 10 heteroatoms. The Kier molecular flexibility index (Phi) is 7.43. The van der Waals surface area contributed by atoms with Crippen molar-refractivity contribution >= 4 is 17.3 Å². The molecule has 0 radical (unpaired) electrons. The highest BCUT2D eigenvalue weighted by molar-refractivity contribution is 7.09. The summed E-state index contributed by atoms with van der Waals surface area (Å²) < 4.78 is 39.5. The van der Waals surface area contributed by atoms with Crippen LogP contribution in [0, 0.1) is 6.92 Å². The molecule has 0 aliphatic rings. The third-order valence-electron chi connectivity index (χ3n) is 3.40. The molecule has 0 unspecified atom stereocenters. The summed E-state index contributed by atoms with van der Waals surface area (Å²) in [5.74, 6) is 0.650. The molecule has 2 aromatic heterocycles. The summed E-state index contributed by atoms with van der Waals surface area (Å²) in [6.45, 7) is 6.55. The number of hydrogen-bond donors (Lipinski definition) is 2. The third kappa shape index (κ3) is 6.66. The monoisotopic (exact) mass is 388 g/mol. The first-order valence-electron chi connectivity index (χ1n) is 8.41. The summed E-state index contributed by atoms with van der Waals surface area (Å²) in [6, 6.07) is 0. The standard InChI is InChI=1S/C16H23F3N6S/c1-3-20-15(21-6-4-8-25-10-12(2)9-23-25)22-7-5-14-24-13(11-26-14)16(17,18)19/h9-11H,3-8H2,1-2H3,(H2,20,21,22). The first-order valence-corrected chi connectivity index (χ1v) is 9.29. The predicted molar refractivity (Wildman–Crippen MR) is 96.4 cm³/mol. The third-order valence-corrected chi connectivity index (χ3v) is 4.30. The Bertz CT molecular complexity index is 707. The minimum absolute atomic E-state index is 0.414. The lowest BCUT2D eigenvalue weighted by Gasteiger charge is -2.10. The maximum absolute atomic E-state index is 12.5. The Morgan fingerprint density at radius 3 is 2.77 bits per heavy atom. The van der Waals surface area contributed by atoms with Gasteiger partial charge in [0, 0.05) is 44.2 Å². The fraction of sp³-hybridized carbons (Fsp3) is 0.562. The number of nitrogens with zero attached hydrogens (tertiary/aromatic N) is 4. The van der Waals surface area contributed by atoms with Crippen molar-refractivity contribution in [1.82, 2.24) is 25.4 Å². The normalized spacial score (nSPS) is 12.4. The van der Waals surface area contributed by atoms with E-state index in [1.165, 1.54) is 0 Å². The smallest absolute Gasteiger partial charge is 0.357 e. The maximum Gasteiger partial charge on any atom is 0.434 e. The second-order valence-electron chi connectivity index (χ2n) is 5.70. The SMILES string of the molecule is CCNC(=NCCCn1cc(C)cn1)NCCc1nc(C(F)(F)F)cs1. The van der Waals surface area contributed by atoms with Gasteiger partial charge in [0.05, 0.1) is 11.2 Å². The predicted octanol–water partition coefficient (Wildman–Crippen LogP) is 2.85. The Labute approximate surface area is 154 Å². The van der Waals surface area contributed by atoms with Gasteiger partial charge in [0.1, 0.15) is 0 Å². The van der Waals surface area contributed by atoms with Gasteiger partial charge in [-0.2, -0.15) is 18.3 Å². The lowest BCUT2D eigenvalue weighted by molar-refractivity contribution is -0.140. The van der Waals surface area contributed by atoms with Gasteiger partial charge in [-0.3, -0.25) is 9.67 Å². The van der Waals surface area contributed by atoms with Crippen LogP contribution in [0.5, 0.6) is 0 Å². The maximum atomic E-state index is 12.5. The van der Waals surface area contributed by atoms with Gasteiger partial charge in [0.15, 0.2) is 11.7 Å². The van der Waals surface area contributed by atoms with Gasteiger partial charge < -0.3 is 10.6 Å². The molecular formula is C16H23F3N6S. The second-order valence-corrected chi connectivity index (χ2v) is 6.64. The molecule has 2 heterocycles.